The van der Waals surface area contributed by atoms with Gasteiger partial charge in [-0.3, -0.25) is 4.79 Å². The van der Waals surface area contributed by atoms with E-state index < -0.39 is 5.82 Å². The Morgan fingerprint density at radius 3 is 2.95 bits per heavy atom. The lowest BCUT2D eigenvalue weighted by Gasteiger charge is -2.22. The highest BCUT2D eigenvalue weighted by atomic mass is 79.9. The molecule has 2 rings (SSSR count). The third kappa shape index (κ3) is 4.01. The van der Waals surface area contributed by atoms with Crippen LogP contribution in [0.3, 0.4) is 0 Å². The van der Waals surface area contributed by atoms with Gasteiger partial charge in [0.2, 0.25) is 0 Å². The third-order valence-corrected chi connectivity index (χ3v) is 4.47. The van der Waals surface area contributed by atoms with Crippen LogP contribution in [0, 0.1) is 5.82 Å². The molecule has 0 bridgehead atoms. The number of Topliss-reactive ketones (excluding diaryl/α,β-unsaturated/α-hetero) is 1. The average Bonchev–Trinajstić information content (AvgIpc) is 2.41. The molecule has 1 aromatic rings. The lowest BCUT2D eigenvalue weighted by molar-refractivity contribution is 0.0104. The van der Waals surface area contributed by atoms with Crippen molar-refractivity contribution in [1.82, 2.24) is 0 Å². The van der Waals surface area contributed by atoms with Gasteiger partial charge < -0.3 is 4.74 Å². The molecule has 2 nitrogen and oxygen atoms in total. The highest BCUT2D eigenvalue weighted by Crippen LogP contribution is 2.27. The van der Waals surface area contributed by atoms with Gasteiger partial charge in [0, 0.05) is 17.5 Å². The Bertz CT molecular complexity index is 473. The SMILES string of the molecule is O=C(CCC1CCCCO1)c1cc(Cl)c(Br)cc1F. The van der Waals surface area contributed by atoms with Crippen LogP contribution in [0.4, 0.5) is 4.39 Å². The smallest absolute Gasteiger partial charge is 0.165 e. The fraction of sp³-hybridized carbons (Fsp3) is 0.500. The van der Waals surface area contributed by atoms with Gasteiger partial charge in [-0.05, 0) is 53.7 Å². The molecule has 1 atom stereocenters. The Balaban J connectivity index is 1.97. The fourth-order valence-corrected chi connectivity index (χ4v) is 2.68. The monoisotopic (exact) mass is 348 g/mol. The van der Waals surface area contributed by atoms with Gasteiger partial charge >= 0.3 is 0 Å². The van der Waals surface area contributed by atoms with Crippen LogP contribution in [0.5, 0.6) is 0 Å². The summed E-state index contributed by atoms with van der Waals surface area (Å²) >= 11 is 9.02. The standard InChI is InChI=1S/C14H15BrClFO2/c15-11-8-13(17)10(7-12(11)16)14(18)5-4-9-3-1-2-6-19-9/h7-9H,1-6H2. The number of carbonyl (C=O) groups is 1. The molecule has 1 heterocycles. The van der Waals surface area contributed by atoms with E-state index in [2.05, 4.69) is 15.9 Å². The molecule has 0 aliphatic carbocycles. The van der Waals surface area contributed by atoms with Crippen molar-refractivity contribution in [2.75, 3.05) is 6.61 Å². The highest BCUT2D eigenvalue weighted by molar-refractivity contribution is 9.10. The predicted octanol–water partition coefficient (Wildman–Crippen LogP) is 4.77. The van der Waals surface area contributed by atoms with E-state index in [9.17, 15) is 9.18 Å². The molecule has 104 valence electrons. The van der Waals surface area contributed by atoms with Crippen LogP contribution in [0.2, 0.25) is 5.02 Å². The Hall–Kier alpha value is -0.450. The van der Waals surface area contributed by atoms with Gasteiger partial charge in [-0.2, -0.15) is 0 Å². The summed E-state index contributed by atoms with van der Waals surface area (Å²) in [6.07, 6.45) is 4.27. The molecular weight excluding hydrogens is 335 g/mol. The number of benzene rings is 1. The first-order valence-corrected chi connectivity index (χ1v) is 7.54. The fourth-order valence-electron chi connectivity index (χ4n) is 2.20. The van der Waals surface area contributed by atoms with Crippen LogP contribution in [0.15, 0.2) is 16.6 Å². The number of carbonyl (C=O) groups excluding carboxylic acids is 1. The van der Waals surface area contributed by atoms with E-state index in [-0.39, 0.29) is 17.5 Å². The van der Waals surface area contributed by atoms with Crippen LogP contribution in [0.25, 0.3) is 0 Å². The Labute approximate surface area is 125 Å². The molecule has 1 aromatic carbocycles. The van der Waals surface area contributed by atoms with Crippen molar-refractivity contribution in [3.05, 3.63) is 33.0 Å². The van der Waals surface area contributed by atoms with E-state index in [1.807, 2.05) is 0 Å². The molecule has 1 aliphatic rings. The quantitative estimate of drug-likeness (QED) is 0.578. The van der Waals surface area contributed by atoms with Crippen LogP contribution < -0.4 is 0 Å². The van der Waals surface area contributed by atoms with E-state index in [0.29, 0.717) is 22.3 Å². The van der Waals surface area contributed by atoms with Crippen molar-refractivity contribution < 1.29 is 13.9 Å². The summed E-state index contributed by atoms with van der Waals surface area (Å²) in [5, 5.41) is 0.346. The summed E-state index contributed by atoms with van der Waals surface area (Å²) < 4.78 is 19.7. The first-order chi connectivity index (χ1) is 9.08. The number of hydrogen-bond donors (Lipinski definition) is 0. The van der Waals surface area contributed by atoms with E-state index >= 15 is 0 Å². The molecule has 1 saturated heterocycles. The van der Waals surface area contributed by atoms with E-state index in [4.69, 9.17) is 16.3 Å². The minimum absolute atomic E-state index is 0.0593. The van der Waals surface area contributed by atoms with Crippen molar-refractivity contribution in [1.29, 1.82) is 0 Å². The molecule has 0 radical (unpaired) electrons. The summed E-state index contributed by atoms with van der Waals surface area (Å²) in [4.78, 5) is 12.0. The van der Waals surface area contributed by atoms with Gasteiger partial charge in [0.05, 0.1) is 16.7 Å². The Kier molecular flexibility index (Phi) is 5.37. The molecule has 0 spiro atoms. The lowest BCUT2D eigenvalue weighted by atomic mass is 10.00. The molecule has 19 heavy (non-hydrogen) atoms. The summed E-state index contributed by atoms with van der Waals surface area (Å²) in [6.45, 7) is 0.761. The second-order valence-electron chi connectivity index (χ2n) is 4.70. The Morgan fingerprint density at radius 2 is 2.26 bits per heavy atom. The van der Waals surface area contributed by atoms with Gasteiger partial charge in [-0.1, -0.05) is 11.6 Å². The molecule has 0 saturated carbocycles. The van der Waals surface area contributed by atoms with Crippen molar-refractivity contribution >= 4 is 33.3 Å². The van der Waals surface area contributed by atoms with Gasteiger partial charge in [0.1, 0.15) is 5.82 Å². The molecule has 5 heteroatoms. The third-order valence-electron chi connectivity index (χ3n) is 3.28. The molecule has 0 N–H and O–H groups in total. The number of ether oxygens (including phenoxy) is 1. The Morgan fingerprint density at radius 1 is 1.47 bits per heavy atom. The molecule has 0 amide bonds. The van der Waals surface area contributed by atoms with Crippen molar-refractivity contribution in [2.45, 2.75) is 38.2 Å². The maximum absolute atomic E-state index is 13.7. The minimum atomic E-state index is -0.536. The zero-order valence-electron chi connectivity index (χ0n) is 10.4. The molecular formula is C14H15BrClFO2. The molecule has 0 aromatic heterocycles. The summed E-state index contributed by atoms with van der Waals surface area (Å²) in [5.74, 6) is -0.757. The second-order valence-corrected chi connectivity index (χ2v) is 5.96. The van der Waals surface area contributed by atoms with Crippen LogP contribution in [-0.2, 0) is 4.74 Å². The van der Waals surface area contributed by atoms with E-state index in [1.165, 1.54) is 12.1 Å². The minimum Gasteiger partial charge on any atom is -0.378 e. The molecule has 1 aliphatic heterocycles. The van der Waals surface area contributed by atoms with Gasteiger partial charge in [-0.25, -0.2) is 4.39 Å². The van der Waals surface area contributed by atoms with Crippen LogP contribution >= 0.6 is 27.5 Å². The predicted molar refractivity (Wildman–Crippen MR) is 76.3 cm³/mol. The molecule has 1 fully saturated rings. The summed E-state index contributed by atoms with van der Waals surface area (Å²) in [7, 11) is 0. The normalized spacial score (nSPS) is 19.4. The maximum atomic E-state index is 13.7. The first kappa shape index (κ1) is 14.9. The van der Waals surface area contributed by atoms with Gasteiger partial charge in [0.15, 0.2) is 5.78 Å². The van der Waals surface area contributed by atoms with Crippen LogP contribution in [0.1, 0.15) is 42.5 Å². The number of rotatable bonds is 4. The van der Waals surface area contributed by atoms with Crippen molar-refractivity contribution in [2.24, 2.45) is 0 Å². The largest absolute Gasteiger partial charge is 0.378 e. The zero-order chi connectivity index (χ0) is 13.8. The van der Waals surface area contributed by atoms with Crippen molar-refractivity contribution in [3.63, 3.8) is 0 Å². The molecule has 1 unspecified atom stereocenters. The maximum Gasteiger partial charge on any atom is 0.165 e. The average molecular weight is 350 g/mol. The highest BCUT2D eigenvalue weighted by Gasteiger charge is 2.18. The van der Waals surface area contributed by atoms with Crippen LogP contribution in [-0.4, -0.2) is 18.5 Å². The number of hydrogen-bond acceptors (Lipinski definition) is 2. The van der Waals surface area contributed by atoms with Gasteiger partial charge in [0.25, 0.3) is 0 Å². The topological polar surface area (TPSA) is 26.3 Å². The number of halogens is 3. The zero-order valence-corrected chi connectivity index (χ0v) is 12.8. The lowest BCUT2D eigenvalue weighted by Crippen LogP contribution is -2.20. The van der Waals surface area contributed by atoms with Crippen molar-refractivity contribution in [3.8, 4) is 0 Å². The first-order valence-electron chi connectivity index (χ1n) is 6.37. The van der Waals surface area contributed by atoms with E-state index in [1.54, 1.807) is 0 Å². The summed E-state index contributed by atoms with van der Waals surface area (Å²) in [5.41, 5.74) is 0.0593. The second kappa shape index (κ2) is 6.82. The van der Waals surface area contributed by atoms with E-state index in [0.717, 1.165) is 25.9 Å². The number of ketones is 1. The summed E-state index contributed by atoms with van der Waals surface area (Å²) in [6, 6.07) is 2.61. The van der Waals surface area contributed by atoms with Gasteiger partial charge in [-0.15, -0.1) is 0 Å².